The van der Waals surface area contributed by atoms with Crippen molar-refractivity contribution in [2.75, 3.05) is 6.79 Å². The number of carbonyl (C=O) groups excluding carboxylic acids is 1. The van der Waals surface area contributed by atoms with Crippen molar-refractivity contribution >= 4 is 17.9 Å². The molecule has 0 bridgehead atoms. The summed E-state index contributed by atoms with van der Waals surface area (Å²) in [6, 6.07) is 1.27. The van der Waals surface area contributed by atoms with Gasteiger partial charge in [0.2, 0.25) is 6.79 Å². The number of benzene rings is 1. The van der Waals surface area contributed by atoms with Gasteiger partial charge < -0.3 is 15.2 Å². The Morgan fingerprint density at radius 1 is 1.53 bits per heavy atom. The van der Waals surface area contributed by atoms with Crippen molar-refractivity contribution in [3.63, 3.8) is 0 Å². The van der Waals surface area contributed by atoms with Gasteiger partial charge in [0.15, 0.2) is 17.8 Å². The average molecular weight is 228 g/mol. The van der Waals surface area contributed by atoms with Crippen LogP contribution in [0.15, 0.2) is 6.07 Å². The number of carbonyl (C=O) groups is 1. The molecule has 0 saturated carbocycles. The maximum atomic E-state index is 10.8. The van der Waals surface area contributed by atoms with Gasteiger partial charge >= 0.3 is 0 Å². The molecule has 1 unspecified atom stereocenters. The Labute approximate surface area is 91.9 Å². The summed E-state index contributed by atoms with van der Waals surface area (Å²) in [7, 11) is 0. The van der Waals surface area contributed by atoms with E-state index in [1.165, 1.54) is 0 Å². The van der Waals surface area contributed by atoms with Gasteiger partial charge in [0.05, 0.1) is 10.6 Å². The standard InChI is InChI=1S/C10H10ClNO3/c1-5(12)8-7(11)2-6(3-13)9-10(8)15-4-14-9/h2-3,5H,4,12H2,1H3. The third-order valence-corrected chi connectivity index (χ3v) is 2.55. The maximum absolute atomic E-state index is 10.8. The Hall–Kier alpha value is -1.26. The van der Waals surface area contributed by atoms with Crippen molar-refractivity contribution < 1.29 is 14.3 Å². The fourth-order valence-electron chi connectivity index (χ4n) is 1.59. The summed E-state index contributed by atoms with van der Waals surface area (Å²) >= 11 is 6.01. The number of fused-ring (bicyclic) bond motifs is 1. The maximum Gasteiger partial charge on any atom is 0.231 e. The van der Waals surface area contributed by atoms with E-state index in [1.807, 2.05) is 0 Å². The summed E-state index contributed by atoms with van der Waals surface area (Å²) in [6.07, 6.45) is 0.685. The second kappa shape index (κ2) is 3.72. The molecule has 15 heavy (non-hydrogen) atoms. The molecule has 4 nitrogen and oxygen atoms in total. The normalized spacial score (nSPS) is 15.1. The number of hydrogen-bond acceptors (Lipinski definition) is 4. The Kier molecular flexibility index (Phi) is 2.54. The van der Waals surface area contributed by atoms with Gasteiger partial charge in [-0.3, -0.25) is 4.79 Å². The Bertz CT molecular complexity index is 418. The predicted molar refractivity (Wildman–Crippen MR) is 55.6 cm³/mol. The quantitative estimate of drug-likeness (QED) is 0.784. The van der Waals surface area contributed by atoms with Crippen LogP contribution in [-0.4, -0.2) is 13.1 Å². The van der Waals surface area contributed by atoms with Gasteiger partial charge in [-0.15, -0.1) is 0 Å². The molecule has 1 aromatic carbocycles. The van der Waals surface area contributed by atoms with Gasteiger partial charge in [0, 0.05) is 11.6 Å². The first kappa shape index (κ1) is 10.3. The molecule has 0 aromatic heterocycles. The minimum Gasteiger partial charge on any atom is -0.453 e. The van der Waals surface area contributed by atoms with Crippen molar-refractivity contribution in [3.8, 4) is 11.5 Å². The van der Waals surface area contributed by atoms with E-state index < -0.39 is 0 Å². The number of ether oxygens (including phenoxy) is 2. The molecular formula is C10H10ClNO3. The summed E-state index contributed by atoms with van der Waals surface area (Å²) in [4.78, 5) is 10.8. The van der Waals surface area contributed by atoms with E-state index in [0.29, 0.717) is 33.9 Å². The second-order valence-electron chi connectivity index (χ2n) is 3.33. The highest BCUT2D eigenvalue weighted by molar-refractivity contribution is 6.32. The highest BCUT2D eigenvalue weighted by Crippen LogP contribution is 2.44. The van der Waals surface area contributed by atoms with E-state index in [4.69, 9.17) is 26.8 Å². The zero-order valence-corrected chi connectivity index (χ0v) is 8.88. The first-order valence-electron chi connectivity index (χ1n) is 4.48. The lowest BCUT2D eigenvalue weighted by molar-refractivity contribution is 0.111. The zero-order chi connectivity index (χ0) is 11.0. The topological polar surface area (TPSA) is 61.6 Å². The third-order valence-electron chi connectivity index (χ3n) is 2.24. The summed E-state index contributed by atoms with van der Waals surface area (Å²) in [5.41, 5.74) is 6.83. The van der Waals surface area contributed by atoms with Gasteiger partial charge in [-0.05, 0) is 13.0 Å². The number of aldehydes is 1. The van der Waals surface area contributed by atoms with Crippen molar-refractivity contribution in [1.29, 1.82) is 0 Å². The van der Waals surface area contributed by atoms with E-state index in [2.05, 4.69) is 0 Å². The average Bonchev–Trinajstić information content (AvgIpc) is 2.63. The van der Waals surface area contributed by atoms with Crippen LogP contribution in [0.2, 0.25) is 5.02 Å². The third kappa shape index (κ3) is 1.56. The summed E-state index contributed by atoms with van der Waals surface area (Å²) in [5, 5.41) is 0.427. The molecule has 0 amide bonds. The molecule has 5 heteroatoms. The van der Waals surface area contributed by atoms with E-state index >= 15 is 0 Å². The minimum absolute atomic E-state index is 0.0935. The SMILES string of the molecule is CC(N)c1c(Cl)cc(C=O)c2c1OCO2. The first-order valence-corrected chi connectivity index (χ1v) is 4.85. The molecule has 0 aliphatic carbocycles. The molecular weight excluding hydrogens is 218 g/mol. The van der Waals surface area contributed by atoms with Crippen molar-refractivity contribution in [2.24, 2.45) is 5.73 Å². The lowest BCUT2D eigenvalue weighted by Gasteiger charge is -2.12. The van der Waals surface area contributed by atoms with Crippen LogP contribution in [0.5, 0.6) is 11.5 Å². The van der Waals surface area contributed by atoms with Gasteiger partial charge in [-0.2, -0.15) is 0 Å². The largest absolute Gasteiger partial charge is 0.453 e. The van der Waals surface area contributed by atoms with Crippen molar-refractivity contribution in [3.05, 3.63) is 22.2 Å². The summed E-state index contributed by atoms with van der Waals surface area (Å²) < 4.78 is 10.5. The Morgan fingerprint density at radius 2 is 2.20 bits per heavy atom. The van der Waals surface area contributed by atoms with Gasteiger partial charge in [0.25, 0.3) is 0 Å². The molecule has 1 aliphatic rings. The molecule has 1 atom stereocenters. The zero-order valence-electron chi connectivity index (χ0n) is 8.12. The molecule has 80 valence electrons. The molecule has 2 N–H and O–H groups in total. The molecule has 0 radical (unpaired) electrons. The highest BCUT2D eigenvalue weighted by Gasteiger charge is 2.26. The van der Waals surface area contributed by atoms with Crippen LogP contribution in [0.1, 0.15) is 28.9 Å². The predicted octanol–water partition coefficient (Wildman–Crippen LogP) is 1.90. The lowest BCUT2D eigenvalue weighted by Crippen LogP contribution is -2.07. The lowest BCUT2D eigenvalue weighted by atomic mass is 10.0. The molecule has 0 fully saturated rings. The van der Waals surface area contributed by atoms with Crippen LogP contribution >= 0.6 is 11.6 Å². The first-order chi connectivity index (χ1) is 7.15. The molecule has 1 aromatic rings. The van der Waals surface area contributed by atoms with E-state index in [-0.39, 0.29) is 12.8 Å². The Morgan fingerprint density at radius 3 is 2.80 bits per heavy atom. The molecule has 1 aliphatic heterocycles. The van der Waals surface area contributed by atoms with Gasteiger partial charge in [0.1, 0.15) is 0 Å². The second-order valence-corrected chi connectivity index (χ2v) is 3.74. The van der Waals surface area contributed by atoms with E-state index in [9.17, 15) is 4.79 Å². The summed E-state index contributed by atoms with van der Waals surface area (Å²) in [6.45, 7) is 1.89. The molecule has 2 rings (SSSR count). The monoisotopic (exact) mass is 227 g/mol. The smallest absolute Gasteiger partial charge is 0.231 e. The van der Waals surface area contributed by atoms with E-state index in [0.717, 1.165) is 0 Å². The fourth-order valence-corrected chi connectivity index (χ4v) is 1.97. The van der Waals surface area contributed by atoms with Crippen LogP contribution in [0.3, 0.4) is 0 Å². The summed E-state index contributed by atoms with van der Waals surface area (Å²) in [5.74, 6) is 0.918. The highest BCUT2D eigenvalue weighted by atomic mass is 35.5. The van der Waals surface area contributed by atoms with Crippen LogP contribution < -0.4 is 15.2 Å². The molecule has 0 saturated heterocycles. The number of halogens is 1. The van der Waals surface area contributed by atoms with Crippen LogP contribution in [0.25, 0.3) is 0 Å². The fraction of sp³-hybridized carbons (Fsp3) is 0.300. The number of nitrogens with two attached hydrogens (primary N) is 1. The van der Waals surface area contributed by atoms with E-state index in [1.54, 1.807) is 13.0 Å². The Balaban J connectivity index is 2.68. The van der Waals surface area contributed by atoms with Gasteiger partial charge in [-0.25, -0.2) is 0 Å². The molecule has 0 spiro atoms. The van der Waals surface area contributed by atoms with Gasteiger partial charge in [-0.1, -0.05) is 11.6 Å². The number of rotatable bonds is 2. The van der Waals surface area contributed by atoms with Crippen LogP contribution in [0.4, 0.5) is 0 Å². The minimum atomic E-state index is -0.270. The van der Waals surface area contributed by atoms with Crippen molar-refractivity contribution in [2.45, 2.75) is 13.0 Å². The van der Waals surface area contributed by atoms with Crippen molar-refractivity contribution in [1.82, 2.24) is 0 Å². The molecule has 1 heterocycles. The van der Waals surface area contributed by atoms with Crippen LogP contribution in [-0.2, 0) is 0 Å². The van der Waals surface area contributed by atoms with Crippen LogP contribution in [0, 0.1) is 0 Å². The number of hydrogen-bond donors (Lipinski definition) is 1.